The van der Waals surface area contributed by atoms with Crippen LogP contribution in [0.1, 0.15) is 13.3 Å². The number of rotatable bonds is 5. The summed E-state index contributed by atoms with van der Waals surface area (Å²) < 4.78 is 0. The number of anilines is 1. The molecule has 0 spiro atoms. The van der Waals surface area contributed by atoms with Crippen LogP contribution in [0.15, 0.2) is 79.3 Å². The second-order valence-corrected chi connectivity index (χ2v) is 7.15. The van der Waals surface area contributed by atoms with Gasteiger partial charge in [-0.15, -0.1) is 0 Å². The van der Waals surface area contributed by atoms with Crippen LogP contribution < -0.4 is 5.32 Å². The van der Waals surface area contributed by atoms with Gasteiger partial charge in [-0.25, -0.2) is 0 Å². The molecule has 5 heteroatoms. The fraction of sp³-hybridized carbons (Fsp3) is 0.0833. The molecule has 0 saturated carbocycles. The first-order chi connectivity index (χ1) is 14.2. The molecule has 0 bridgehead atoms. The van der Waals surface area contributed by atoms with Gasteiger partial charge in [0, 0.05) is 33.7 Å². The minimum absolute atomic E-state index is 0.874. The SMILES string of the molecule is C=C(CC)Nc1cncc(-c2ccc3[nH]nc(-c4cc5ccccc5[nH]4)c3c2)c1. The van der Waals surface area contributed by atoms with Gasteiger partial charge in [0.05, 0.1) is 23.1 Å². The zero-order chi connectivity index (χ0) is 19.8. The molecule has 0 saturated heterocycles. The van der Waals surface area contributed by atoms with E-state index in [1.807, 2.05) is 24.5 Å². The monoisotopic (exact) mass is 379 g/mol. The molecule has 2 aromatic carbocycles. The first kappa shape index (κ1) is 17.3. The van der Waals surface area contributed by atoms with E-state index in [1.54, 1.807) is 0 Å². The van der Waals surface area contributed by atoms with Crippen molar-refractivity contribution < 1.29 is 0 Å². The predicted molar refractivity (Wildman–Crippen MR) is 120 cm³/mol. The van der Waals surface area contributed by atoms with Crippen molar-refractivity contribution >= 4 is 27.5 Å². The van der Waals surface area contributed by atoms with Gasteiger partial charge < -0.3 is 10.3 Å². The lowest BCUT2D eigenvalue weighted by Gasteiger charge is -2.09. The number of para-hydroxylation sites is 1. The lowest BCUT2D eigenvalue weighted by atomic mass is 10.0. The summed E-state index contributed by atoms with van der Waals surface area (Å²) in [6, 6.07) is 18.8. The van der Waals surface area contributed by atoms with Crippen LogP contribution in [0.25, 0.3) is 44.3 Å². The molecule has 0 aliphatic carbocycles. The van der Waals surface area contributed by atoms with Crippen molar-refractivity contribution in [2.45, 2.75) is 13.3 Å². The van der Waals surface area contributed by atoms with Crippen molar-refractivity contribution in [2.24, 2.45) is 0 Å². The average Bonchev–Trinajstić information content (AvgIpc) is 3.37. The highest BCUT2D eigenvalue weighted by Gasteiger charge is 2.12. The fourth-order valence-electron chi connectivity index (χ4n) is 3.56. The van der Waals surface area contributed by atoms with Gasteiger partial charge in [0.15, 0.2) is 0 Å². The van der Waals surface area contributed by atoms with Crippen LogP contribution in [0.5, 0.6) is 0 Å². The molecule has 29 heavy (non-hydrogen) atoms. The Morgan fingerprint density at radius 2 is 1.90 bits per heavy atom. The average molecular weight is 379 g/mol. The number of nitrogens with one attached hydrogen (secondary N) is 3. The molecule has 5 nitrogen and oxygen atoms in total. The maximum Gasteiger partial charge on any atom is 0.116 e. The zero-order valence-electron chi connectivity index (χ0n) is 16.2. The normalized spacial score (nSPS) is 11.2. The van der Waals surface area contributed by atoms with Crippen molar-refractivity contribution in [3.8, 4) is 22.5 Å². The molecular weight excluding hydrogens is 358 g/mol. The van der Waals surface area contributed by atoms with E-state index in [-0.39, 0.29) is 0 Å². The third-order valence-corrected chi connectivity index (χ3v) is 5.17. The number of pyridine rings is 1. The van der Waals surface area contributed by atoms with Crippen molar-refractivity contribution in [3.05, 3.63) is 79.3 Å². The summed E-state index contributed by atoms with van der Waals surface area (Å²) in [7, 11) is 0. The summed E-state index contributed by atoms with van der Waals surface area (Å²) >= 11 is 0. The molecule has 0 fully saturated rings. The van der Waals surface area contributed by atoms with E-state index in [2.05, 4.69) is 81.4 Å². The molecule has 0 radical (unpaired) electrons. The number of allylic oxidation sites excluding steroid dienone is 1. The van der Waals surface area contributed by atoms with E-state index in [1.165, 1.54) is 5.39 Å². The molecule has 3 heterocycles. The van der Waals surface area contributed by atoms with Gasteiger partial charge in [0.25, 0.3) is 0 Å². The Hall–Kier alpha value is -3.86. The number of H-pyrrole nitrogens is 2. The van der Waals surface area contributed by atoms with E-state index in [4.69, 9.17) is 0 Å². The quantitative estimate of drug-likeness (QED) is 0.345. The first-order valence-electron chi connectivity index (χ1n) is 9.68. The minimum Gasteiger partial charge on any atom is -0.358 e. The highest BCUT2D eigenvalue weighted by Crippen LogP contribution is 2.32. The van der Waals surface area contributed by atoms with Crippen molar-refractivity contribution in [1.82, 2.24) is 20.2 Å². The third kappa shape index (κ3) is 3.17. The Bertz CT molecular complexity index is 1310. The lowest BCUT2D eigenvalue weighted by Crippen LogP contribution is -1.97. The van der Waals surface area contributed by atoms with Gasteiger partial charge in [-0.05, 0) is 42.3 Å². The van der Waals surface area contributed by atoms with E-state index >= 15 is 0 Å². The van der Waals surface area contributed by atoms with Gasteiger partial charge >= 0.3 is 0 Å². The maximum absolute atomic E-state index is 4.57. The molecule has 0 atom stereocenters. The number of aromatic amines is 2. The lowest BCUT2D eigenvalue weighted by molar-refractivity contribution is 1.11. The number of aromatic nitrogens is 4. The molecule has 0 unspecified atom stereocenters. The second kappa shape index (κ2) is 6.95. The summed E-state index contributed by atoms with van der Waals surface area (Å²) in [5.41, 5.74) is 8.08. The molecule has 5 rings (SSSR count). The maximum atomic E-state index is 4.57. The topological polar surface area (TPSA) is 69.4 Å². The molecule has 0 aliphatic rings. The third-order valence-electron chi connectivity index (χ3n) is 5.17. The van der Waals surface area contributed by atoms with E-state index in [9.17, 15) is 0 Å². The standard InChI is InChI=1S/C24H21N5/c1-3-15(2)26-19-10-18(13-25-14-19)16-8-9-22-20(11-16)24(29-28-22)23-12-17-6-4-5-7-21(17)27-23/h4-14,26-27H,2-3H2,1H3,(H,28,29). The van der Waals surface area contributed by atoms with Crippen LogP contribution in [-0.2, 0) is 0 Å². The van der Waals surface area contributed by atoms with Gasteiger partial charge in [-0.2, -0.15) is 5.10 Å². The smallest absolute Gasteiger partial charge is 0.116 e. The van der Waals surface area contributed by atoms with Crippen LogP contribution >= 0.6 is 0 Å². The largest absolute Gasteiger partial charge is 0.358 e. The van der Waals surface area contributed by atoms with Crippen LogP contribution in [0, 0.1) is 0 Å². The highest BCUT2D eigenvalue weighted by molar-refractivity contribution is 5.97. The molecule has 0 aliphatic heterocycles. The number of hydrogen-bond donors (Lipinski definition) is 3. The molecular formula is C24H21N5. The Kier molecular flexibility index (Phi) is 4.13. The number of hydrogen-bond acceptors (Lipinski definition) is 3. The van der Waals surface area contributed by atoms with Crippen LogP contribution in [0.3, 0.4) is 0 Å². The summed E-state index contributed by atoms with van der Waals surface area (Å²) in [6.07, 6.45) is 4.57. The van der Waals surface area contributed by atoms with E-state index in [0.717, 1.165) is 56.7 Å². The summed E-state index contributed by atoms with van der Waals surface area (Å²) in [4.78, 5) is 7.86. The first-order valence-corrected chi connectivity index (χ1v) is 9.68. The zero-order valence-corrected chi connectivity index (χ0v) is 16.2. The van der Waals surface area contributed by atoms with Gasteiger partial charge in [0.2, 0.25) is 0 Å². The van der Waals surface area contributed by atoms with Gasteiger partial charge in [-0.3, -0.25) is 10.1 Å². The number of nitrogens with zero attached hydrogens (tertiary/aromatic N) is 2. The Balaban J connectivity index is 1.58. The fourth-order valence-corrected chi connectivity index (χ4v) is 3.56. The molecule has 142 valence electrons. The van der Waals surface area contributed by atoms with Crippen molar-refractivity contribution in [2.75, 3.05) is 5.32 Å². The summed E-state index contributed by atoms with van der Waals surface area (Å²) in [5.74, 6) is 0. The van der Waals surface area contributed by atoms with Gasteiger partial charge in [-0.1, -0.05) is 37.8 Å². The number of fused-ring (bicyclic) bond motifs is 2. The molecule has 5 aromatic rings. The molecule has 3 aromatic heterocycles. The molecule has 3 N–H and O–H groups in total. The summed E-state index contributed by atoms with van der Waals surface area (Å²) in [6.45, 7) is 6.09. The second-order valence-electron chi connectivity index (χ2n) is 7.15. The Morgan fingerprint density at radius 1 is 1.00 bits per heavy atom. The highest BCUT2D eigenvalue weighted by atomic mass is 15.1. The Labute approximate surface area is 168 Å². The predicted octanol–water partition coefficient (Wildman–Crippen LogP) is 6.11. The van der Waals surface area contributed by atoms with E-state index < -0.39 is 0 Å². The molecule has 0 amide bonds. The van der Waals surface area contributed by atoms with Crippen LogP contribution in [0.4, 0.5) is 5.69 Å². The van der Waals surface area contributed by atoms with Crippen LogP contribution in [-0.4, -0.2) is 20.2 Å². The van der Waals surface area contributed by atoms with Crippen molar-refractivity contribution in [1.29, 1.82) is 0 Å². The summed E-state index contributed by atoms with van der Waals surface area (Å²) in [5, 5.41) is 13.3. The van der Waals surface area contributed by atoms with Crippen molar-refractivity contribution in [3.63, 3.8) is 0 Å². The minimum atomic E-state index is 0.874. The van der Waals surface area contributed by atoms with Gasteiger partial charge in [0.1, 0.15) is 5.69 Å². The Morgan fingerprint density at radius 3 is 2.76 bits per heavy atom. The van der Waals surface area contributed by atoms with Crippen LogP contribution in [0.2, 0.25) is 0 Å². The van der Waals surface area contributed by atoms with E-state index in [0.29, 0.717) is 0 Å². The number of benzene rings is 2.